The Morgan fingerprint density at radius 3 is 2.96 bits per heavy atom. The van der Waals surface area contributed by atoms with Gasteiger partial charge in [0.05, 0.1) is 6.20 Å². The van der Waals surface area contributed by atoms with Crippen LogP contribution in [0, 0.1) is 12.8 Å². The lowest BCUT2D eigenvalue weighted by molar-refractivity contribution is -0.125. The van der Waals surface area contributed by atoms with Crippen LogP contribution in [0.15, 0.2) is 12.4 Å². The highest BCUT2D eigenvalue weighted by Crippen LogP contribution is 2.26. The second-order valence-electron chi connectivity index (χ2n) is 7.01. The fourth-order valence-electron chi connectivity index (χ4n) is 3.67. The smallest absolute Gasteiger partial charge is 0.225 e. The van der Waals surface area contributed by atoms with Crippen LogP contribution in [0.25, 0.3) is 0 Å². The zero-order valence-electron chi connectivity index (χ0n) is 14.6. The quantitative estimate of drug-likeness (QED) is 0.881. The number of carbonyl (C=O) groups is 1. The molecule has 1 aliphatic carbocycles. The van der Waals surface area contributed by atoms with Crippen LogP contribution in [0.3, 0.4) is 0 Å². The normalized spacial score (nSPS) is 19.7. The zero-order chi connectivity index (χ0) is 17.2. The van der Waals surface area contributed by atoms with Crippen LogP contribution in [0.1, 0.15) is 41.8 Å². The second kappa shape index (κ2) is 6.82. The van der Waals surface area contributed by atoms with Crippen LogP contribution in [-0.2, 0) is 24.2 Å². The Kier molecular flexibility index (Phi) is 4.38. The fourth-order valence-corrected chi connectivity index (χ4v) is 3.67. The lowest BCUT2D eigenvalue weighted by atomic mass is 9.86. The molecule has 25 heavy (non-hydrogen) atoms. The highest BCUT2D eigenvalue weighted by molar-refractivity contribution is 5.79. The summed E-state index contributed by atoms with van der Waals surface area (Å²) < 4.78 is 0. The summed E-state index contributed by atoms with van der Waals surface area (Å²) in [7, 11) is 0. The molecular weight excluding hydrogens is 316 g/mol. The van der Waals surface area contributed by atoms with E-state index in [1.807, 2.05) is 13.1 Å². The molecule has 2 aromatic heterocycles. The molecule has 0 spiro atoms. The number of nitrogens with zero attached hydrogens (tertiary/aromatic N) is 4. The standard InChI is InChI=1S/C18H24N6O/c1-12-15(11-21-23-12)10-19-17(25)13-4-5-16-14(8-13)9-20-18(22-16)24-6-2-3-7-24/h9,11,13H,2-8,10H2,1H3,(H,19,25)(H,21,23). The summed E-state index contributed by atoms with van der Waals surface area (Å²) in [5.74, 6) is 0.963. The maximum Gasteiger partial charge on any atom is 0.225 e. The van der Waals surface area contributed by atoms with Crippen LogP contribution in [0.5, 0.6) is 0 Å². The topological polar surface area (TPSA) is 86.8 Å². The van der Waals surface area contributed by atoms with E-state index < -0.39 is 0 Å². The van der Waals surface area contributed by atoms with Crippen molar-refractivity contribution >= 4 is 11.9 Å². The van der Waals surface area contributed by atoms with E-state index in [9.17, 15) is 4.79 Å². The number of amides is 1. The largest absolute Gasteiger partial charge is 0.352 e. The van der Waals surface area contributed by atoms with Crippen LogP contribution in [0.4, 0.5) is 5.95 Å². The number of hydrogen-bond donors (Lipinski definition) is 2. The minimum atomic E-state index is 0.000874. The third kappa shape index (κ3) is 3.36. The first kappa shape index (κ1) is 16.1. The van der Waals surface area contributed by atoms with E-state index in [0.29, 0.717) is 6.54 Å². The van der Waals surface area contributed by atoms with Crippen molar-refractivity contribution in [3.63, 3.8) is 0 Å². The molecule has 7 nitrogen and oxygen atoms in total. The summed E-state index contributed by atoms with van der Waals surface area (Å²) >= 11 is 0. The van der Waals surface area contributed by atoms with Gasteiger partial charge in [0.25, 0.3) is 0 Å². The number of anilines is 1. The van der Waals surface area contributed by atoms with Gasteiger partial charge >= 0.3 is 0 Å². The van der Waals surface area contributed by atoms with Crippen molar-refractivity contribution in [3.8, 4) is 0 Å². The molecule has 1 saturated heterocycles. The van der Waals surface area contributed by atoms with Gasteiger partial charge in [-0.15, -0.1) is 0 Å². The van der Waals surface area contributed by atoms with E-state index in [1.54, 1.807) is 6.20 Å². The molecular formula is C18H24N6O. The van der Waals surface area contributed by atoms with Crippen molar-refractivity contribution < 1.29 is 4.79 Å². The molecule has 1 unspecified atom stereocenters. The maximum atomic E-state index is 12.5. The molecule has 7 heteroatoms. The average Bonchev–Trinajstić information content (AvgIpc) is 3.30. The minimum Gasteiger partial charge on any atom is -0.352 e. The lowest BCUT2D eigenvalue weighted by Crippen LogP contribution is -2.34. The van der Waals surface area contributed by atoms with Crippen LogP contribution >= 0.6 is 0 Å². The summed E-state index contributed by atoms with van der Waals surface area (Å²) in [6.07, 6.45) is 8.56. The average molecular weight is 340 g/mol. The first-order chi connectivity index (χ1) is 12.2. The van der Waals surface area contributed by atoms with Crippen molar-refractivity contribution in [1.82, 2.24) is 25.5 Å². The van der Waals surface area contributed by atoms with Crippen molar-refractivity contribution in [2.45, 2.75) is 45.6 Å². The molecule has 0 aromatic carbocycles. The van der Waals surface area contributed by atoms with Crippen LogP contribution < -0.4 is 10.2 Å². The van der Waals surface area contributed by atoms with Gasteiger partial charge in [-0.3, -0.25) is 9.89 Å². The van der Waals surface area contributed by atoms with Crippen molar-refractivity contribution in [2.75, 3.05) is 18.0 Å². The van der Waals surface area contributed by atoms with Gasteiger partial charge in [-0.2, -0.15) is 5.10 Å². The van der Waals surface area contributed by atoms with E-state index in [-0.39, 0.29) is 11.8 Å². The number of carbonyl (C=O) groups excluding carboxylic acids is 1. The first-order valence-electron chi connectivity index (χ1n) is 9.07. The highest BCUT2D eigenvalue weighted by Gasteiger charge is 2.27. The van der Waals surface area contributed by atoms with E-state index in [1.165, 1.54) is 12.8 Å². The molecule has 0 saturated carbocycles. The zero-order valence-corrected chi connectivity index (χ0v) is 14.6. The molecule has 2 aromatic rings. The molecule has 1 aliphatic heterocycles. The number of fused-ring (bicyclic) bond motifs is 1. The Morgan fingerprint density at radius 2 is 2.20 bits per heavy atom. The minimum absolute atomic E-state index is 0.000874. The Labute approximate surface area is 147 Å². The fraction of sp³-hybridized carbons (Fsp3) is 0.556. The molecule has 3 heterocycles. The van der Waals surface area contributed by atoms with Crippen LogP contribution in [-0.4, -0.2) is 39.2 Å². The van der Waals surface area contributed by atoms with Crippen molar-refractivity contribution in [1.29, 1.82) is 0 Å². The molecule has 2 aliphatic rings. The number of aromatic nitrogens is 4. The van der Waals surface area contributed by atoms with Crippen LogP contribution in [0.2, 0.25) is 0 Å². The number of nitrogens with one attached hydrogen (secondary N) is 2. The molecule has 0 radical (unpaired) electrons. The second-order valence-corrected chi connectivity index (χ2v) is 7.01. The molecule has 132 valence electrons. The van der Waals surface area contributed by atoms with Crippen molar-refractivity contribution in [3.05, 3.63) is 34.9 Å². The Morgan fingerprint density at radius 1 is 1.36 bits per heavy atom. The first-order valence-corrected chi connectivity index (χ1v) is 9.07. The van der Waals surface area contributed by atoms with Gasteiger partial charge in [0, 0.05) is 48.7 Å². The van der Waals surface area contributed by atoms with E-state index in [0.717, 1.165) is 60.8 Å². The molecule has 1 amide bonds. The number of hydrogen-bond acceptors (Lipinski definition) is 5. The van der Waals surface area contributed by atoms with Gasteiger partial charge in [0.15, 0.2) is 0 Å². The molecule has 0 bridgehead atoms. The van der Waals surface area contributed by atoms with E-state index in [4.69, 9.17) is 4.98 Å². The van der Waals surface area contributed by atoms with Gasteiger partial charge < -0.3 is 10.2 Å². The van der Waals surface area contributed by atoms with Gasteiger partial charge in [-0.05, 0) is 44.6 Å². The summed E-state index contributed by atoms with van der Waals surface area (Å²) in [4.78, 5) is 24.1. The molecule has 2 N–H and O–H groups in total. The van der Waals surface area contributed by atoms with Crippen molar-refractivity contribution in [2.24, 2.45) is 5.92 Å². The van der Waals surface area contributed by atoms with Gasteiger partial charge in [-0.25, -0.2) is 9.97 Å². The highest BCUT2D eigenvalue weighted by atomic mass is 16.1. The number of aromatic amines is 1. The lowest BCUT2D eigenvalue weighted by Gasteiger charge is -2.24. The Balaban J connectivity index is 1.38. The maximum absolute atomic E-state index is 12.5. The van der Waals surface area contributed by atoms with Gasteiger partial charge in [-0.1, -0.05) is 0 Å². The third-order valence-corrected chi connectivity index (χ3v) is 5.28. The predicted molar refractivity (Wildman–Crippen MR) is 94.2 cm³/mol. The number of rotatable bonds is 4. The number of aryl methyl sites for hydroxylation is 2. The predicted octanol–water partition coefficient (Wildman–Crippen LogP) is 1.53. The molecule has 4 rings (SSSR count). The Bertz CT molecular complexity index is 765. The van der Waals surface area contributed by atoms with E-state index in [2.05, 4.69) is 25.4 Å². The summed E-state index contributed by atoms with van der Waals surface area (Å²) in [6, 6.07) is 0. The number of H-pyrrole nitrogens is 1. The third-order valence-electron chi connectivity index (χ3n) is 5.28. The van der Waals surface area contributed by atoms with E-state index >= 15 is 0 Å². The summed E-state index contributed by atoms with van der Waals surface area (Å²) in [5.41, 5.74) is 4.26. The monoisotopic (exact) mass is 340 g/mol. The van der Waals surface area contributed by atoms with Gasteiger partial charge in [0.1, 0.15) is 0 Å². The van der Waals surface area contributed by atoms with Gasteiger partial charge in [0.2, 0.25) is 11.9 Å². The SMILES string of the molecule is Cc1[nH]ncc1CNC(=O)C1CCc2nc(N3CCCC3)ncc2C1. The summed E-state index contributed by atoms with van der Waals surface area (Å²) in [5, 5.41) is 9.91. The molecule has 1 atom stereocenters. The summed E-state index contributed by atoms with van der Waals surface area (Å²) in [6.45, 7) is 4.59. The molecule has 1 fully saturated rings. The Hall–Kier alpha value is -2.44.